The summed E-state index contributed by atoms with van der Waals surface area (Å²) in [5.74, 6) is 0.979. The summed E-state index contributed by atoms with van der Waals surface area (Å²) < 4.78 is 0. The van der Waals surface area contributed by atoms with Crippen LogP contribution in [0.2, 0.25) is 0 Å². The summed E-state index contributed by atoms with van der Waals surface area (Å²) in [4.78, 5) is 0. The molecule has 0 radical (unpaired) electrons. The van der Waals surface area contributed by atoms with E-state index >= 15 is 0 Å². The quantitative estimate of drug-likeness (QED) is 0.886. The predicted octanol–water partition coefficient (Wildman–Crippen LogP) is 4.01. The first-order valence-corrected chi connectivity index (χ1v) is 7.45. The van der Waals surface area contributed by atoms with Crippen molar-refractivity contribution in [1.82, 2.24) is 0 Å². The van der Waals surface area contributed by atoms with Gasteiger partial charge < -0.3 is 5.11 Å². The minimum absolute atomic E-state index is 0.222. The second-order valence-electron chi connectivity index (χ2n) is 6.06. The molecule has 3 rings (SSSR count). The maximum absolute atomic E-state index is 10.5. The second-order valence-corrected chi connectivity index (χ2v) is 6.06. The summed E-state index contributed by atoms with van der Waals surface area (Å²) in [6.07, 6.45) is 1.68. The highest BCUT2D eigenvalue weighted by Crippen LogP contribution is 2.50. The van der Waals surface area contributed by atoms with Gasteiger partial charge in [0.1, 0.15) is 0 Å². The van der Waals surface area contributed by atoms with Crippen LogP contribution in [0.1, 0.15) is 34.6 Å². The molecule has 0 spiro atoms. The third-order valence-electron chi connectivity index (χ3n) is 4.62. The Balaban J connectivity index is 1.68. The fraction of sp³-hybridized carbons (Fsp3) is 0.368. The summed E-state index contributed by atoms with van der Waals surface area (Å²) in [6.45, 7) is 4.27. The van der Waals surface area contributed by atoms with E-state index in [2.05, 4.69) is 56.3 Å². The van der Waals surface area contributed by atoms with Crippen molar-refractivity contribution in [2.45, 2.75) is 38.7 Å². The van der Waals surface area contributed by atoms with Crippen molar-refractivity contribution < 1.29 is 5.11 Å². The Morgan fingerprint density at radius 3 is 2.30 bits per heavy atom. The lowest BCUT2D eigenvalue weighted by Gasteiger charge is -2.15. The molecule has 1 fully saturated rings. The fourth-order valence-electron chi connectivity index (χ4n) is 3.25. The van der Waals surface area contributed by atoms with Crippen LogP contribution in [0.3, 0.4) is 0 Å². The van der Waals surface area contributed by atoms with Crippen LogP contribution in [0.5, 0.6) is 0 Å². The molecule has 1 N–H and O–H groups in total. The van der Waals surface area contributed by atoms with Crippen LogP contribution in [0, 0.1) is 19.8 Å². The lowest BCUT2D eigenvalue weighted by Crippen LogP contribution is -2.15. The molecule has 1 aliphatic rings. The first-order chi connectivity index (χ1) is 9.66. The van der Waals surface area contributed by atoms with Gasteiger partial charge >= 0.3 is 0 Å². The topological polar surface area (TPSA) is 20.2 Å². The van der Waals surface area contributed by atoms with Crippen molar-refractivity contribution in [3.63, 3.8) is 0 Å². The molecule has 0 heterocycles. The maximum atomic E-state index is 10.5. The van der Waals surface area contributed by atoms with Crippen molar-refractivity contribution in [2.24, 2.45) is 5.92 Å². The smallest absolute Gasteiger partial charge is 0.0614 e. The van der Waals surface area contributed by atoms with Crippen LogP contribution in [0.25, 0.3) is 0 Å². The Hall–Kier alpha value is -1.60. The number of benzene rings is 2. The lowest BCUT2D eigenvalue weighted by molar-refractivity contribution is 0.149. The van der Waals surface area contributed by atoms with E-state index in [9.17, 15) is 5.11 Å². The summed E-state index contributed by atoms with van der Waals surface area (Å²) in [5.41, 5.74) is 5.28. The standard InChI is InChI=1S/C19H22O/c1-13-7-6-8-14(2)16(13)12-19(20)18-11-17(18)15-9-4-3-5-10-15/h3-10,17-20H,11-12H2,1-2H3. The van der Waals surface area contributed by atoms with Crippen LogP contribution in [0.15, 0.2) is 48.5 Å². The zero-order valence-corrected chi connectivity index (χ0v) is 12.2. The van der Waals surface area contributed by atoms with Gasteiger partial charge in [-0.1, -0.05) is 48.5 Å². The van der Waals surface area contributed by atoms with Crippen molar-refractivity contribution in [2.75, 3.05) is 0 Å². The van der Waals surface area contributed by atoms with Crippen LogP contribution in [-0.2, 0) is 6.42 Å². The third-order valence-corrected chi connectivity index (χ3v) is 4.62. The first-order valence-electron chi connectivity index (χ1n) is 7.45. The molecule has 20 heavy (non-hydrogen) atoms. The summed E-state index contributed by atoms with van der Waals surface area (Å²) in [7, 11) is 0. The number of aliphatic hydroxyl groups is 1. The summed E-state index contributed by atoms with van der Waals surface area (Å²) in [6, 6.07) is 16.9. The molecule has 2 aromatic carbocycles. The number of hydrogen-bond acceptors (Lipinski definition) is 1. The molecule has 1 saturated carbocycles. The SMILES string of the molecule is Cc1cccc(C)c1CC(O)C1CC1c1ccccc1. The Morgan fingerprint density at radius 2 is 1.65 bits per heavy atom. The van der Waals surface area contributed by atoms with E-state index in [1.165, 1.54) is 22.3 Å². The molecular formula is C19H22O. The third kappa shape index (κ3) is 2.64. The van der Waals surface area contributed by atoms with Crippen LogP contribution in [0.4, 0.5) is 0 Å². The molecule has 1 nitrogen and oxygen atoms in total. The molecule has 3 atom stereocenters. The molecular weight excluding hydrogens is 244 g/mol. The Kier molecular flexibility index (Phi) is 3.62. The van der Waals surface area contributed by atoms with Crippen LogP contribution in [-0.4, -0.2) is 11.2 Å². The molecule has 0 aromatic heterocycles. The normalized spacial score (nSPS) is 22.6. The Labute approximate surface area is 121 Å². The van der Waals surface area contributed by atoms with Crippen molar-refractivity contribution in [3.8, 4) is 0 Å². The van der Waals surface area contributed by atoms with E-state index in [0.717, 1.165) is 12.8 Å². The van der Waals surface area contributed by atoms with Gasteiger partial charge in [0.05, 0.1) is 6.10 Å². The van der Waals surface area contributed by atoms with E-state index in [0.29, 0.717) is 11.8 Å². The van der Waals surface area contributed by atoms with Crippen molar-refractivity contribution in [3.05, 3.63) is 70.8 Å². The van der Waals surface area contributed by atoms with Gasteiger partial charge in [0.2, 0.25) is 0 Å². The Bertz CT molecular complexity index is 568. The molecule has 104 valence electrons. The number of hydrogen-bond donors (Lipinski definition) is 1. The van der Waals surface area contributed by atoms with Gasteiger partial charge in [-0.05, 0) is 60.8 Å². The minimum Gasteiger partial charge on any atom is -0.392 e. The molecule has 0 amide bonds. The van der Waals surface area contributed by atoms with E-state index < -0.39 is 0 Å². The average Bonchev–Trinajstić information content (AvgIpc) is 3.24. The lowest BCUT2D eigenvalue weighted by atomic mass is 9.95. The second kappa shape index (κ2) is 5.41. The van der Waals surface area contributed by atoms with Gasteiger partial charge in [0.25, 0.3) is 0 Å². The van der Waals surface area contributed by atoms with Gasteiger partial charge in [-0.3, -0.25) is 0 Å². The number of aliphatic hydroxyl groups excluding tert-OH is 1. The highest BCUT2D eigenvalue weighted by molar-refractivity contribution is 5.35. The highest BCUT2D eigenvalue weighted by Gasteiger charge is 2.43. The fourth-order valence-corrected chi connectivity index (χ4v) is 3.25. The van der Waals surface area contributed by atoms with E-state index in [1.807, 2.05) is 6.07 Å². The maximum Gasteiger partial charge on any atom is 0.0614 e. The minimum atomic E-state index is -0.222. The average molecular weight is 266 g/mol. The van der Waals surface area contributed by atoms with Crippen molar-refractivity contribution in [1.29, 1.82) is 0 Å². The molecule has 0 bridgehead atoms. The zero-order valence-electron chi connectivity index (χ0n) is 12.2. The van der Waals surface area contributed by atoms with Gasteiger partial charge in [-0.2, -0.15) is 0 Å². The Morgan fingerprint density at radius 1 is 1.00 bits per heavy atom. The van der Waals surface area contributed by atoms with Crippen LogP contribution >= 0.6 is 0 Å². The molecule has 1 aliphatic carbocycles. The van der Waals surface area contributed by atoms with Gasteiger partial charge in [0.15, 0.2) is 0 Å². The van der Waals surface area contributed by atoms with Crippen molar-refractivity contribution >= 4 is 0 Å². The zero-order chi connectivity index (χ0) is 14.1. The van der Waals surface area contributed by atoms with E-state index in [-0.39, 0.29) is 6.10 Å². The molecule has 0 aliphatic heterocycles. The monoisotopic (exact) mass is 266 g/mol. The van der Waals surface area contributed by atoms with Gasteiger partial charge in [-0.15, -0.1) is 0 Å². The largest absolute Gasteiger partial charge is 0.392 e. The molecule has 0 saturated heterocycles. The van der Waals surface area contributed by atoms with Gasteiger partial charge in [0, 0.05) is 0 Å². The summed E-state index contributed by atoms with van der Waals surface area (Å²) >= 11 is 0. The van der Waals surface area contributed by atoms with E-state index in [4.69, 9.17) is 0 Å². The highest BCUT2D eigenvalue weighted by atomic mass is 16.3. The number of rotatable bonds is 4. The molecule has 2 aromatic rings. The van der Waals surface area contributed by atoms with E-state index in [1.54, 1.807) is 0 Å². The molecule has 1 heteroatoms. The first kappa shape index (κ1) is 13.4. The number of aryl methyl sites for hydroxylation is 2. The molecule has 3 unspecified atom stereocenters. The predicted molar refractivity (Wildman–Crippen MR) is 82.9 cm³/mol. The van der Waals surface area contributed by atoms with Gasteiger partial charge in [-0.25, -0.2) is 0 Å². The van der Waals surface area contributed by atoms with Crippen LogP contribution < -0.4 is 0 Å². The summed E-state index contributed by atoms with van der Waals surface area (Å²) in [5, 5.41) is 10.5.